The van der Waals surface area contributed by atoms with E-state index in [4.69, 9.17) is 0 Å². The first kappa shape index (κ1) is 18.7. The lowest BCUT2D eigenvalue weighted by Gasteiger charge is -2.30. The third kappa shape index (κ3) is 3.56. The molecule has 2 aliphatic rings. The number of aliphatic hydroxyl groups is 1. The molecule has 3 unspecified atom stereocenters. The van der Waals surface area contributed by atoms with E-state index >= 15 is 0 Å². The molecule has 3 atom stereocenters. The van der Waals surface area contributed by atoms with Gasteiger partial charge in [0.15, 0.2) is 5.82 Å². The second kappa shape index (κ2) is 7.79. The number of aryl methyl sites for hydroxylation is 1. The van der Waals surface area contributed by atoms with Crippen LogP contribution in [0, 0.1) is 12.8 Å². The molecule has 145 valence electrons. The van der Waals surface area contributed by atoms with E-state index in [1.165, 1.54) is 0 Å². The number of carbonyl (C=O) groups is 1. The molecule has 3 heterocycles. The summed E-state index contributed by atoms with van der Waals surface area (Å²) < 4.78 is 0. The molecule has 8 heteroatoms. The summed E-state index contributed by atoms with van der Waals surface area (Å²) in [4.78, 5) is 23.8. The monoisotopic (exact) mass is 378 g/mol. The zero-order valence-corrected chi connectivity index (χ0v) is 16.2. The smallest absolute Gasteiger partial charge is 0.258 e. The maximum absolute atomic E-state index is 12.5. The number of benzene rings is 1. The van der Waals surface area contributed by atoms with E-state index in [1.807, 2.05) is 25.1 Å². The number of aliphatic hydroxyl groups excluding tert-OH is 1. The Balaban J connectivity index is 1.60. The van der Waals surface area contributed by atoms with Gasteiger partial charge in [0.1, 0.15) is 13.0 Å². The lowest BCUT2D eigenvalue weighted by Crippen LogP contribution is -2.42. The molecule has 4 rings (SSSR count). The lowest BCUT2D eigenvalue weighted by molar-refractivity contribution is 0.102. The van der Waals surface area contributed by atoms with Gasteiger partial charge in [-0.25, -0.2) is 4.98 Å². The van der Waals surface area contributed by atoms with Crippen molar-refractivity contribution in [1.82, 2.24) is 9.97 Å². The quantitative estimate of drug-likeness (QED) is 0.693. The molecule has 1 saturated heterocycles. The number of amides is 1. The lowest BCUT2D eigenvalue weighted by atomic mass is 9.63. The maximum Gasteiger partial charge on any atom is 0.258 e. The highest BCUT2D eigenvalue weighted by molar-refractivity contribution is 6.42. The van der Waals surface area contributed by atoms with Gasteiger partial charge in [-0.3, -0.25) is 10.1 Å². The molecule has 1 fully saturated rings. The molecule has 0 bridgehead atoms. The molecule has 1 amide bonds. The normalized spacial score (nSPS) is 23.1. The van der Waals surface area contributed by atoms with Gasteiger partial charge >= 0.3 is 0 Å². The van der Waals surface area contributed by atoms with Crippen molar-refractivity contribution in [2.75, 3.05) is 28.8 Å². The zero-order chi connectivity index (χ0) is 19.7. The van der Waals surface area contributed by atoms with Gasteiger partial charge in [-0.1, -0.05) is 37.4 Å². The Bertz CT molecular complexity index is 863. The minimum atomic E-state index is -0.225. The molecule has 28 heavy (non-hydrogen) atoms. The Morgan fingerprint density at radius 2 is 2.14 bits per heavy atom. The largest absolute Gasteiger partial charge is 0.396 e. The summed E-state index contributed by atoms with van der Waals surface area (Å²) in [7, 11) is 2.34. The van der Waals surface area contributed by atoms with Crippen molar-refractivity contribution in [3.8, 4) is 0 Å². The van der Waals surface area contributed by atoms with Crippen LogP contribution in [-0.4, -0.2) is 47.5 Å². The van der Waals surface area contributed by atoms with Crippen LogP contribution in [0.5, 0.6) is 0 Å². The molecule has 1 aromatic carbocycles. The molecule has 2 aliphatic heterocycles. The Morgan fingerprint density at radius 1 is 1.36 bits per heavy atom. The number of anilines is 3. The molecule has 3 N–H and O–H groups in total. The molecule has 7 nitrogen and oxygen atoms in total. The first-order valence-corrected chi connectivity index (χ1v) is 9.78. The summed E-state index contributed by atoms with van der Waals surface area (Å²) in [5, 5.41) is 15.7. The number of hydrogen-bond acceptors (Lipinski definition) is 6. The van der Waals surface area contributed by atoms with Crippen molar-refractivity contribution in [1.29, 1.82) is 0 Å². The standard InChI is InChI=1S/C20H25BN5O2/c1-12-10-15(8-9-27)17(21-12)26-11-22-16-13(2)23-20(24-18(16)26)25-19(28)14-6-4-3-5-7-14/h3-7,12,15,17,22,27H,8-11H2,1-2H3,(H,23,24,25,28). The van der Waals surface area contributed by atoms with Crippen LogP contribution < -0.4 is 15.5 Å². The van der Waals surface area contributed by atoms with Crippen molar-refractivity contribution in [3.05, 3.63) is 41.6 Å². The van der Waals surface area contributed by atoms with Crippen LogP contribution in [0.15, 0.2) is 30.3 Å². The average molecular weight is 378 g/mol. The Morgan fingerprint density at radius 3 is 2.89 bits per heavy atom. The van der Waals surface area contributed by atoms with Gasteiger partial charge in [-0.05, 0) is 31.4 Å². The minimum absolute atomic E-state index is 0.192. The molecule has 2 aromatic rings. The number of hydrogen-bond donors (Lipinski definition) is 3. The van der Waals surface area contributed by atoms with E-state index in [9.17, 15) is 9.90 Å². The number of fused-ring (bicyclic) bond motifs is 1. The van der Waals surface area contributed by atoms with Crippen molar-refractivity contribution in [3.63, 3.8) is 0 Å². The third-order valence-electron chi connectivity index (χ3n) is 5.57. The highest BCUT2D eigenvalue weighted by Crippen LogP contribution is 2.41. The first-order chi connectivity index (χ1) is 13.6. The van der Waals surface area contributed by atoms with Crippen LogP contribution >= 0.6 is 0 Å². The van der Waals surface area contributed by atoms with Gasteiger partial charge in [0.2, 0.25) is 5.95 Å². The summed E-state index contributed by atoms with van der Waals surface area (Å²) in [6, 6.07) is 9.05. The van der Waals surface area contributed by atoms with Crippen LogP contribution in [0.2, 0.25) is 5.82 Å². The van der Waals surface area contributed by atoms with Crippen LogP contribution in [0.25, 0.3) is 0 Å². The maximum atomic E-state index is 12.5. The van der Waals surface area contributed by atoms with E-state index < -0.39 is 0 Å². The van der Waals surface area contributed by atoms with Gasteiger partial charge in [0, 0.05) is 18.1 Å². The molecule has 1 aromatic heterocycles. The molecule has 0 saturated carbocycles. The van der Waals surface area contributed by atoms with Crippen LogP contribution in [0.4, 0.5) is 17.5 Å². The van der Waals surface area contributed by atoms with Gasteiger partial charge in [-0.2, -0.15) is 4.98 Å². The summed E-state index contributed by atoms with van der Waals surface area (Å²) >= 11 is 0. The number of carbonyl (C=O) groups excluding carboxylic acids is 1. The highest BCUT2D eigenvalue weighted by Gasteiger charge is 2.40. The van der Waals surface area contributed by atoms with E-state index in [0.717, 1.165) is 30.0 Å². The number of nitrogens with one attached hydrogen (secondary N) is 2. The Labute approximate surface area is 165 Å². The Kier molecular flexibility index (Phi) is 5.22. The summed E-state index contributed by atoms with van der Waals surface area (Å²) in [5.74, 6) is 2.01. The van der Waals surface area contributed by atoms with Crippen LogP contribution in [0.3, 0.4) is 0 Å². The van der Waals surface area contributed by atoms with Gasteiger partial charge in [-0.15, -0.1) is 0 Å². The molecular formula is C20H25BN5O2. The predicted octanol–water partition coefficient (Wildman–Crippen LogP) is 2.47. The second-order valence-corrected chi connectivity index (χ2v) is 7.62. The topological polar surface area (TPSA) is 90.4 Å². The predicted molar refractivity (Wildman–Crippen MR) is 111 cm³/mol. The van der Waals surface area contributed by atoms with Gasteiger partial charge < -0.3 is 15.3 Å². The molecule has 0 aliphatic carbocycles. The molecule has 1 radical (unpaired) electrons. The van der Waals surface area contributed by atoms with E-state index in [0.29, 0.717) is 29.9 Å². The second-order valence-electron chi connectivity index (χ2n) is 7.62. The van der Waals surface area contributed by atoms with Crippen LogP contribution in [-0.2, 0) is 0 Å². The van der Waals surface area contributed by atoms with E-state index in [1.54, 1.807) is 12.1 Å². The van der Waals surface area contributed by atoms with Crippen molar-refractivity contribution >= 4 is 30.6 Å². The van der Waals surface area contributed by atoms with Crippen molar-refractivity contribution in [2.45, 2.75) is 38.4 Å². The van der Waals surface area contributed by atoms with Crippen molar-refractivity contribution in [2.24, 2.45) is 5.92 Å². The fourth-order valence-electron chi connectivity index (χ4n) is 4.28. The third-order valence-corrected chi connectivity index (χ3v) is 5.57. The van der Waals surface area contributed by atoms with E-state index in [-0.39, 0.29) is 18.5 Å². The summed E-state index contributed by atoms with van der Waals surface area (Å²) in [5.41, 5.74) is 2.29. The highest BCUT2D eigenvalue weighted by atomic mass is 16.3. The fourth-order valence-corrected chi connectivity index (χ4v) is 4.28. The molecular weight excluding hydrogens is 353 g/mol. The van der Waals surface area contributed by atoms with Crippen LogP contribution in [0.1, 0.15) is 35.8 Å². The number of aromatic nitrogens is 2. The summed E-state index contributed by atoms with van der Waals surface area (Å²) in [6.07, 6.45) is 1.84. The Hall–Kier alpha value is -2.61. The SMILES string of the molecule is Cc1nc(NC(=O)c2ccccc2)nc2c1NCN2C1[B]C(C)CC1CCO. The van der Waals surface area contributed by atoms with E-state index in [2.05, 4.69) is 39.7 Å². The fraction of sp³-hybridized carbons (Fsp3) is 0.450. The average Bonchev–Trinajstić information content (AvgIpc) is 3.26. The van der Waals surface area contributed by atoms with Crippen molar-refractivity contribution < 1.29 is 9.90 Å². The minimum Gasteiger partial charge on any atom is -0.396 e. The van der Waals surface area contributed by atoms with Gasteiger partial charge in [0.05, 0.1) is 12.4 Å². The summed E-state index contributed by atoms with van der Waals surface area (Å²) in [6.45, 7) is 4.97. The first-order valence-electron chi connectivity index (χ1n) is 9.78. The van der Waals surface area contributed by atoms with Gasteiger partial charge in [0.25, 0.3) is 5.91 Å². The molecule has 0 spiro atoms. The number of rotatable bonds is 5. The number of nitrogens with zero attached hydrogens (tertiary/aromatic N) is 3. The zero-order valence-electron chi connectivity index (χ0n) is 16.2.